The van der Waals surface area contributed by atoms with Gasteiger partial charge in [-0.15, -0.1) is 0 Å². The van der Waals surface area contributed by atoms with Crippen LogP contribution in [0.2, 0.25) is 10.0 Å². The molecule has 0 radical (unpaired) electrons. The minimum Gasteiger partial charge on any atom is -0.343 e. The number of fused-ring (bicyclic) bond motifs is 1. The Hall–Kier alpha value is -3.08. The monoisotopic (exact) mass is 449 g/mol. The van der Waals surface area contributed by atoms with Gasteiger partial charge in [0.25, 0.3) is 0 Å². The van der Waals surface area contributed by atoms with Crippen LogP contribution in [0.25, 0.3) is 17.1 Å². The average molecular weight is 450 g/mol. The van der Waals surface area contributed by atoms with Crippen molar-refractivity contribution in [3.63, 3.8) is 0 Å². The van der Waals surface area contributed by atoms with E-state index < -0.39 is 0 Å². The summed E-state index contributed by atoms with van der Waals surface area (Å²) in [4.78, 5) is 17.3. The quantitative estimate of drug-likeness (QED) is 0.352. The average Bonchev–Trinajstić information content (AvgIpc) is 3.14. The number of carbonyl (C=O) groups is 1. The molecule has 0 saturated heterocycles. The van der Waals surface area contributed by atoms with Gasteiger partial charge in [-0.1, -0.05) is 71.7 Å². The molecule has 0 saturated carbocycles. The van der Waals surface area contributed by atoms with Crippen molar-refractivity contribution in [1.82, 2.24) is 14.9 Å². The Balaban J connectivity index is 1.63. The highest BCUT2D eigenvalue weighted by atomic mass is 35.5. The van der Waals surface area contributed by atoms with Crippen LogP contribution in [0.1, 0.15) is 29.9 Å². The SMILES string of the molecule is CC(NC(=O)/C=C/c1ccccc1)c1nc2ccccc2n1Cc1c(Cl)cccc1Cl. The van der Waals surface area contributed by atoms with Crippen LogP contribution in [0.4, 0.5) is 0 Å². The standard InChI is InChI=1S/C25H21Cl2N3O/c1-17(28-24(31)15-14-18-8-3-2-4-9-18)25-29-22-12-5-6-13-23(22)30(25)16-19-20(26)10-7-11-21(19)27/h2-15,17H,16H2,1H3,(H,28,31)/b15-14+. The van der Waals surface area contributed by atoms with Crippen molar-refractivity contribution in [2.24, 2.45) is 0 Å². The molecule has 4 nitrogen and oxygen atoms in total. The Morgan fingerprint density at radius 2 is 1.68 bits per heavy atom. The van der Waals surface area contributed by atoms with E-state index in [1.54, 1.807) is 6.08 Å². The van der Waals surface area contributed by atoms with Gasteiger partial charge in [0.15, 0.2) is 0 Å². The molecule has 31 heavy (non-hydrogen) atoms. The number of rotatable bonds is 6. The molecule has 1 aromatic heterocycles. The molecule has 1 amide bonds. The van der Waals surface area contributed by atoms with Crippen molar-refractivity contribution in [3.8, 4) is 0 Å². The Kier molecular flexibility index (Phi) is 6.40. The smallest absolute Gasteiger partial charge is 0.244 e. The Bertz CT molecular complexity index is 1230. The first-order valence-corrected chi connectivity index (χ1v) is 10.7. The second-order valence-electron chi connectivity index (χ2n) is 7.22. The van der Waals surface area contributed by atoms with Crippen molar-refractivity contribution in [2.75, 3.05) is 0 Å². The van der Waals surface area contributed by atoms with E-state index in [0.29, 0.717) is 16.6 Å². The van der Waals surface area contributed by atoms with Crippen LogP contribution in [0.5, 0.6) is 0 Å². The van der Waals surface area contributed by atoms with Gasteiger partial charge in [-0.3, -0.25) is 4.79 Å². The zero-order valence-electron chi connectivity index (χ0n) is 16.9. The van der Waals surface area contributed by atoms with E-state index in [9.17, 15) is 4.79 Å². The number of amides is 1. The summed E-state index contributed by atoms with van der Waals surface area (Å²) in [5.41, 5.74) is 3.58. The van der Waals surface area contributed by atoms with E-state index in [2.05, 4.69) is 5.32 Å². The van der Waals surface area contributed by atoms with Gasteiger partial charge in [0.05, 0.1) is 23.6 Å². The van der Waals surface area contributed by atoms with Gasteiger partial charge in [0.1, 0.15) is 5.82 Å². The molecule has 6 heteroatoms. The molecule has 4 aromatic rings. The molecule has 0 aliphatic rings. The van der Waals surface area contributed by atoms with Crippen molar-refractivity contribution in [1.29, 1.82) is 0 Å². The van der Waals surface area contributed by atoms with Gasteiger partial charge >= 0.3 is 0 Å². The van der Waals surface area contributed by atoms with Crippen LogP contribution < -0.4 is 5.32 Å². The summed E-state index contributed by atoms with van der Waals surface area (Å²) in [6.45, 7) is 2.37. The molecule has 1 unspecified atom stereocenters. The van der Waals surface area contributed by atoms with Gasteiger partial charge in [-0.05, 0) is 42.8 Å². The number of halogens is 2. The molecule has 1 heterocycles. The van der Waals surface area contributed by atoms with E-state index in [-0.39, 0.29) is 11.9 Å². The molecule has 1 atom stereocenters. The lowest BCUT2D eigenvalue weighted by molar-refractivity contribution is -0.117. The molecule has 0 aliphatic heterocycles. The molecule has 1 N–H and O–H groups in total. The van der Waals surface area contributed by atoms with Crippen LogP contribution in [0.15, 0.2) is 78.9 Å². The second-order valence-corrected chi connectivity index (χ2v) is 8.03. The van der Waals surface area contributed by atoms with E-state index in [1.165, 1.54) is 6.08 Å². The first kappa shape index (κ1) is 21.2. The fourth-order valence-corrected chi connectivity index (χ4v) is 4.01. The maximum atomic E-state index is 12.5. The number of aromatic nitrogens is 2. The van der Waals surface area contributed by atoms with Gasteiger partial charge in [-0.2, -0.15) is 0 Å². The van der Waals surface area contributed by atoms with Crippen LogP contribution in [0.3, 0.4) is 0 Å². The van der Waals surface area contributed by atoms with Crippen LogP contribution in [-0.2, 0) is 11.3 Å². The molecule has 156 valence electrons. The number of nitrogens with one attached hydrogen (secondary N) is 1. The molecular formula is C25H21Cl2N3O. The van der Waals surface area contributed by atoms with Crippen molar-refractivity contribution in [3.05, 3.63) is 106 Å². The summed E-state index contributed by atoms with van der Waals surface area (Å²) in [5.74, 6) is 0.546. The fourth-order valence-electron chi connectivity index (χ4n) is 3.49. The van der Waals surface area contributed by atoms with Crippen molar-refractivity contribution < 1.29 is 4.79 Å². The normalized spacial score (nSPS) is 12.4. The first-order chi connectivity index (χ1) is 15.0. The lowest BCUT2D eigenvalue weighted by Gasteiger charge is -2.17. The largest absolute Gasteiger partial charge is 0.343 e. The summed E-state index contributed by atoms with van der Waals surface area (Å²) in [5, 5.41) is 4.20. The molecule has 3 aromatic carbocycles. The lowest BCUT2D eigenvalue weighted by Crippen LogP contribution is -2.27. The summed E-state index contributed by atoms with van der Waals surface area (Å²) < 4.78 is 2.05. The highest BCUT2D eigenvalue weighted by molar-refractivity contribution is 6.36. The van der Waals surface area contributed by atoms with Crippen LogP contribution >= 0.6 is 23.2 Å². The zero-order valence-corrected chi connectivity index (χ0v) is 18.4. The summed E-state index contributed by atoms with van der Waals surface area (Å²) >= 11 is 12.8. The van der Waals surface area contributed by atoms with Gasteiger partial charge in [0.2, 0.25) is 5.91 Å². The Morgan fingerprint density at radius 1 is 1.00 bits per heavy atom. The minimum atomic E-state index is -0.318. The maximum Gasteiger partial charge on any atom is 0.244 e. The molecule has 0 bridgehead atoms. The topological polar surface area (TPSA) is 46.9 Å². The Morgan fingerprint density at radius 3 is 2.42 bits per heavy atom. The maximum absolute atomic E-state index is 12.5. The summed E-state index contributed by atoms with van der Waals surface area (Å²) in [6, 6.07) is 22.7. The zero-order chi connectivity index (χ0) is 21.8. The number of nitrogens with zero attached hydrogens (tertiary/aromatic N) is 2. The number of imidazole rings is 1. The highest BCUT2D eigenvalue weighted by Crippen LogP contribution is 2.29. The van der Waals surface area contributed by atoms with Gasteiger partial charge < -0.3 is 9.88 Å². The number of hydrogen-bond acceptors (Lipinski definition) is 2. The van der Waals surface area contributed by atoms with E-state index >= 15 is 0 Å². The number of carbonyl (C=O) groups excluding carboxylic acids is 1. The summed E-state index contributed by atoms with van der Waals surface area (Å²) in [6.07, 6.45) is 3.32. The number of benzene rings is 3. The van der Waals surface area contributed by atoms with E-state index in [1.807, 2.05) is 84.3 Å². The number of hydrogen-bond donors (Lipinski definition) is 1. The van der Waals surface area contributed by atoms with E-state index in [4.69, 9.17) is 28.2 Å². The van der Waals surface area contributed by atoms with Crippen LogP contribution in [0, 0.1) is 0 Å². The predicted octanol–water partition coefficient (Wildman–Crippen LogP) is 6.28. The third kappa shape index (κ3) is 4.82. The van der Waals surface area contributed by atoms with Crippen LogP contribution in [-0.4, -0.2) is 15.5 Å². The lowest BCUT2D eigenvalue weighted by atomic mass is 10.2. The molecule has 0 aliphatic carbocycles. The first-order valence-electron chi connectivity index (χ1n) is 9.94. The molecular weight excluding hydrogens is 429 g/mol. The third-order valence-corrected chi connectivity index (χ3v) is 5.74. The third-order valence-electron chi connectivity index (χ3n) is 5.03. The minimum absolute atomic E-state index is 0.189. The Labute approximate surface area is 191 Å². The van der Waals surface area contributed by atoms with Gasteiger partial charge in [-0.25, -0.2) is 4.98 Å². The van der Waals surface area contributed by atoms with Crippen molar-refractivity contribution in [2.45, 2.75) is 19.5 Å². The summed E-state index contributed by atoms with van der Waals surface area (Å²) in [7, 11) is 0. The molecule has 4 rings (SSSR count). The van der Waals surface area contributed by atoms with Gasteiger partial charge in [0, 0.05) is 21.7 Å². The van der Waals surface area contributed by atoms with Crippen molar-refractivity contribution >= 4 is 46.2 Å². The molecule has 0 fully saturated rings. The predicted molar refractivity (Wildman–Crippen MR) is 127 cm³/mol. The second kappa shape index (κ2) is 9.38. The van der Waals surface area contributed by atoms with E-state index in [0.717, 1.165) is 28.0 Å². The highest BCUT2D eigenvalue weighted by Gasteiger charge is 2.19. The fraction of sp³-hybridized carbons (Fsp3) is 0.120. The number of para-hydroxylation sites is 2. The molecule has 0 spiro atoms.